The average molecular weight is 357 g/mol. The molecule has 128 valence electrons. The summed E-state index contributed by atoms with van der Waals surface area (Å²) in [6, 6.07) is 6.43. The summed E-state index contributed by atoms with van der Waals surface area (Å²) in [5.74, 6) is 0. The minimum absolute atomic E-state index is 0. The normalized spacial score (nSPS) is 26.1. The van der Waals surface area contributed by atoms with E-state index in [4.69, 9.17) is 4.98 Å². The molecule has 4 heterocycles. The van der Waals surface area contributed by atoms with Crippen LogP contribution in [0.5, 0.6) is 0 Å². The smallest absolute Gasteiger partial charge is 0.137 e. The van der Waals surface area contributed by atoms with E-state index in [1.54, 1.807) is 0 Å². The Morgan fingerprint density at radius 2 is 1.87 bits per heavy atom. The van der Waals surface area contributed by atoms with Crippen LogP contribution in [-0.4, -0.2) is 39.5 Å². The van der Waals surface area contributed by atoms with E-state index in [0.29, 0.717) is 6.04 Å². The standard InChI is InChI=1S/C17H24N4.2ClH/c1-12-3-6-17-19-15(11-21(17)9-12)10-20(2)16-7-13-4-5-14(8-16)18-13;;/h3,6,9,11,13-14,16,18H,4-5,7-8,10H2,1-2H3;2*1H. The first kappa shape index (κ1) is 18.5. The van der Waals surface area contributed by atoms with Crippen LogP contribution >= 0.6 is 24.8 Å². The number of aryl methyl sites for hydroxylation is 1. The monoisotopic (exact) mass is 356 g/mol. The third-order valence-corrected chi connectivity index (χ3v) is 5.13. The van der Waals surface area contributed by atoms with Crippen molar-refractivity contribution < 1.29 is 0 Å². The van der Waals surface area contributed by atoms with Crippen LogP contribution in [0.4, 0.5) is 0 Å². The lowest BCUT2D eigenvalue weighted by molar-refractivity contribution is 0.164. The van der Waals surface area contributed by atoms with Gasteiger partial charge in [-0.1, -0.05) is 6.07 Å². The van der Waals surface area contributed by atoms with Crippen molar-refractivity contribution in [2.24, 2.45) is 0 Å². The molecule has 0 amide bonds. The van der Waals surface area contributed by atoms with E-state index in [1.165, 1.54) is 36.9 Å². The molecule has 2 saturated heterocycles. The van der Waals surface area contributed by atoms with Gasteiger partial charge < -0.3 is 9.72 Å². The number of rotatable bonds is 3. The first-order chi connectivity index (χ1) is 10.2. The maximum absolute atomic E-state index is 4.75. The van der Waals surface area contributed by atoms with Crippen molar-refractivity contribution in [1.29, 1.82) is 0 Å². The molecule has 0 aromatic carbocycles. The van der Waals surface area contributed by atoms with Gasteiger partial charge in [0.05, 0.1) is 5.69 Å². The van der Waals surface area contributed by atoms with Crippen LogP contribution in [0.15, 0.2) is 24.5 Å². The fourth-order valence-corrected chi connectivity index (χ4v) is 4.00. The summed E-state index contributed by atoms with van der Waals surface area (Å²) in [4.78, 5) is 7.25. The molecule has 0 spiro atoms. The molecule has 2 bridgehead atoms. The second-order valence-corrected chi connectivity index (χ2v) is 6.88. The van der Waals surface area contributed by atoms with Gasteiger partial charge in [0, 0.05) is 37.1 Å². The molecule has 4 rings (SSSR count). The molecular weight excluding hydrogens is 331 g/mol. The van der Waals surface area contributed by atoms with Crippen LogP contribution in [0, 0.1) is 6.92 Å². The first-order valence-corrected chi connectivity index (χ1v) is 8.08. The van der Waals surface area contributed by atoms with Gasteiger partial charge in [0.15, 0.2) is 0 Å². The van der Waals surface area contributed by atoms with E-state index in [0.717, 1.165) is 24.3 Å². The molecule has 2 aromatic rings. The van der Waals surface area contributed by atoms with E-state index in [1.807, 2.05) is 0 Å². The predicted molar refractivity (Wildman–Crippen MR) is 98.9 cm³/mol. The van der Waals surface area contributed by atoms with E-state index in [9.17, 15) is 0 Å². The molecule has 2 aromatic heterocycles. The maximum Gasteiger partial charge on any atom is 0.137 e. The van der Waals surface area contributed by atoms with Crippen molar-refractivity contribution in [3.63, 3.8) is 0 Å². The van der Waals surface area contributed by atoms with Gasteiger partial charge in [-0.25, -0.2) is 4.98 Å². The molecule has 2 aliphatic heterocycles. The van der Waals surface area contributed by atoms with Gasteiger partial charge >= 0.3 is 0 Å². The van der Waals surface area contributed by atoms with Crippen LogP contribution in [0.2, 0.25) is 0 Å². The number of halogens is 2. The molecule has 2 aliphatic rings. The summed E-state index contributed by atoms with van der Waals surface area (Å²) < 4.78 is 2.14. The quantitative estimate of drug-likeness (QED) is 0.916. The molecule has 0 saturated carbocycles. The lowest BCUT2D eigenvalue weighted by Crippen LogP contribution is -2.46. The Morgan fingerprint density at radius 3 is 2.57 bits per heavy atom. The second kappa shape index (κ2) is 7.39. The van der Waals surface area contributed by atoms with Crippen LogP contribution in [0.3, 0.4) is 0 Å². The highest BCUT2D eigenvalue weighted by molar-refractivity contribution is 5.85. The van der Waals surface area contributed by atoms with Crippen molar-refractivity contribution in [2.75, 3.05) is 7.05 Å². The summed E-state index contributed by atoms with van der Waals surface area (Å²) in [6.07, 6.45) is 9.63. The molecular formula is C17H26Cl2N4. The van der Waals surface area contributed by atoms with Gasteiger partial charge in [-0.05, 0) is 51.3 Å². The zero-order chi connectivity index (χ0) is 14.4. The third-order valence-electron chi connectivity index (χ3n) is 5.13. The number of pyridine rings is 1. The summed E-state index contributed by atoms with van der Waals surface area (Å²) in [6.45, 7) is 3.07. The maximum atomic E-state index is 4.75. The van der Waals surface area contributed by atoms with Crippen molar-refractivity contribution in [2.45, 2.75) is 57.3 Å². The Bertz CT molecular complexity index is 645. The van der Waals surface area contributed by atoms with E-state index in [-0.39, 0.29) is 24.8 Å². The first-order valence-electron chi connectivity index (χ1n) is 8.08. The Morgan fingerprint density at radius 1 is 1.17 bits per heavy atom. The number of aromatic nitrogens is 2. The van der Waals surface area contributed by atoms with Gasteiger partial charge in [-0.2, -0.15) is 0 Å². The molecule has 23 heavy (non-hydrogen) atoms. The Balaban J connectivity index is 0.000000960. The summed E-state index contributed by atoms with van der Waals surface area (Å²) in [5.41, 5.74) is 3.50. The van der Waals surface area contributed by atoms with Gasteiger partial charge in [-0.15, -0.1) is 24.8 Å². The highest BCUT2D eigenvalue weighted by Crippen LogP contribution is 2.29. The number of nitrogens with zero attached hydrogens (tertiary/aromatic N) is 3. The van der Waals surface area contributed by atoms with E-state index in [2.05, 4.69) is 53.1 Å². The summed E-state index contributed by atoms with van der Waals surface area (Å²) in [7, 11) is 2.25. The van der Waals surface area contributed by atoms with Gasteiger partial charge in [-0.3, -0.25) is 4.90 Å². The topological polar surface area (TPSA) is 32.6 Å². The zero-order valence-corrected chi connectivity index (χ0v) is 15.4. The fraction of sp³-hybridized carbons (Fsp3) is 0.588. The van der Waals surface area contributed by atoms with Crippen molar-refractivity contribution in [3.8, 4) is 0 Å². The lowest BCUT2D eigenvalue weighted by Gasteiger charge is -2.35. The number of hydrogen-bond donors (Lipinski definition) is 1. The molecule has 4 nitrogen and oxygen atoms in total. The SMILES string of the molecule is Cc1ccc2nc(CN(C)C3CC4CCC(C3)N4)cn2c1.Cl.Cl. The highest BCUT2D eigenvalue weighted by atomic mass is 35.5. The summed E-state index contributed by atoms with van der Waals surface area (Å²) >= 11 is 0. The molecule has 2 atom stereocenters. The zero-order valence-electron chi connectivity index (χ0n) is 13.7. The van der Waals surface area contributed by atoms with Crippen molar-refractivity contribution >= 4 is 30.5 Å². The van der Waals surface area contributed by atoms with Crippen LogP contribution in [0.1, 0.15) is 36.9 Å². The average Bonchev–Trinajstić information content (AvgIpc) is 3.00. The minimum Gasteiger partial charge on any atom is -0.311 e. The van der Waals surface area contributed by atoms with Crippen LogP contribution in [-0.2, 0) is 6.54 Å². The largest absolute Gasteiger partial charge is 0.311 e. The number of nitrogens with one attached hydrogen (secondary N) is 1. The number of piperidine rings is 1. The summed E-state index contributed by atoms with van der Waals surface area (Å²) in [5, 5.41) is 3.72. The van der Waals surface area contributed by atoms with Crippen LogP contribution in [0.25, 0.3) is 5.65 Å². The molecule has 2 unspecified atom stereocenters. The highest BCUT2D eigenvalue weighted by Gasteiger charge is 2.35. The third kappa shape index (κ3) is 3.82. The fourth-order valence-electron chi connectivity index (χ4n) is 4.00. The van der Waals surface area contributed by atoms with Crippen LogP contribution < -0.4 is 5.32 Å². The van der Waals surface area contributed by atoms with E-state index < -0.39 is 0 Å². The Kier molecular flexibility index (Phi) is 5.95. The number of fused-ring (bicyclic) bond motifs is 3. The Hall–Kier alpha value is -0.810. The minimum atomic E-state index is 0. The van der Waals surface area contributed by atoms with Gasteiger partial charge in [0.2, 0.25) is 0 Å². The molecule has 0 aliphatic carbocycles. The second-order valence-electron chi connectivity index (χ2n) is 6.88. The molecule has 6 heteroatoms. The van der Waals surface area contributed by atoms with Crippen molar-refractivity contribution in [3.05, 3.63) is 35.8 Å². The van der Waals surface area contributed by atoms with E-state index >= 15 is 0 Å². The number of imidazole rings is 1. The molecule has 2 fully saturated rings. The lowest BCUT2D eigenvalue weighted by atomic mass is 9.98. The molecule has 0 radical (unpaired) electrons. The Labute approximate surface area is 150 Å². The van der Waals surface area contributed by atoms with Gasteiger partial charge in [0.25, 0.3) is 0 Å². The van der Waals surface area contributed by atoms with Gasteiger partial charge in [0.1, 0.15) is 5.65 Å². The number of hydrogen-bond acceptors (Lipinski definition) is 3. The molecule has 1 N–H and O–H groups in total. The van der Waals surface area contributed by atoms with Crippen molar-refractivity contribution in [1.82, 2.24) is 19.6 Å². The predicted octanol–water partition coefficient (Wildman–Crippen LogP) is 3.20.